The lowest BCUT2D eigenvalue weighted by molar-refractivity contribution is -0.176. The van der Waals surface area contributed by atoms with Crippen LogP contribution in [0.3, 0.4) is 0 Å². The van der Waals surface area contributed by atoms with E-state index in [0.29, 0.717) is 12.3 Å². The van der Waals surface area contributed by atoms with Crippen LogP contribution in [0.5, 0.6) is 0 Å². The van der Waals surface area contributed by atoms with Gasteiger partial charge in [-0.2, -0.15) is 0 Å². The summed E-state index contributed by atoms with van der Waals surface area (Å²) in [6.07, 6.45) is 7.67. The third kappa shape index (κ3) is 3.81. The molecule has 0 aromatic rings. The van der Waals surface area contributed by atoms with Crippen LogP contribution in [-0.2, 0) is 19.1 Å². The van der Waals surface area contributed by atoms with Crippen molar-refractivity contribution in [2.24, 2.45) is 17.3 Å². The Morgan fingerprint density at radius 3 is 2.41 bits per heavy atom. The number of carbonyl (C=O) groups excluding carboxylic acids is 3. The molecule has 27 heavy (non-hydrogen) atoms. The van der Waals surface area contributed by atoms with E-state index >= 15 is 0 Å². The monoisotopic (exact) mass is 374 g/mol. The Hall–Kier alpha value is -1.71. The topological polar surface area (TPSA) is 60.4 Å². The average molecular weight is 375 g/mol. The van der Waals surface area contributed by atoms with Crippen molar-refractivity contribution < 1.29 is 19.1 Å². The molecule has 0 heterocycles. The highest BCUT2D eigenvalue weighted by Crippen LogP contribution is 2.62. The van der Waals surface area contributed by atoms with Crippen LogP contribution in [0.15, 0.2) is 23.8 Å². The highest BCUT2D eigenvalue weighted by molar-refractivity contribution is 5.92. The van der Waals surface area contributed by atoms with Crippen LogP contribution in [0.4, 0.5) is 0 Å². The molecule has 0 radical (unpaired) electrons. The molecule has 4 atom stereocenters. The standard InChI is InChI=1S/C23H34O4/c1-7-18(14-21(26)8-2)12-19-9-10-22(6)20(13-19)11-15(3)23(22,16(4)24)27-17(5)25/h14,19-20H,3,7-13H2,1-2,4-6H3/b18-14-/t19-,20+,22+,23+/m1/s1. The van der Waals surface area contributed by atoms with E-state index in [2.05, 4.69) is 20.4 Å². The minimum atomic E-state index is -1.18. The Balaban J connectivity index is 2.24. The number of hydrogen-bond donors (Lipinski definition) is 0. The van der Waals surface area contributed by atoms with Crippen molar-refractivity contribution in [1.29, 1.82) is 0 Å². The highest BCUT2D eigenvalue weighted by Gasteiger charge is 2.65. The van der Waals surface area contributed by atoms with Gasteiger partial charge in [-0.05, 0) is 68.9 Å². The average Bonchev–Trinajstić information content (AvgIpc) is 2.81. The maximum atomic E-state index is 12.6. The van der Waals surface area contributed by atoms with Crippen LogP contribution in [0, 0.1) is 17.3 Å². The van der Waals surface area contributed by atoms with Gasteiger partial charge in [0.2, 0.25) is 0 Å². The second kappa shape index (κ2) is 8.12. The van der Waals surface area contributed by atoms with Crippen molar-refractivity contribution in [2.75, 3.05) is 0 Å². The first-order valence-corrected chi connectivity index (χ1v) is 10.2. The van der Waals surface area contributed by atoms with Gasteiger partial charge < -0.3 is 4.74 Å². The molecule has 4 nitrogen and oxygen atoms in total. The summed E-state index contributed by atoms with van der Waals surface area (Å²) >= 11 is 0. The van der Waals surface area contributed by atoms with Gasteiger partial charge in [-0.25, -0.2) is 0 Å². The Morgan fingerprint density at radius 2 is 1.89 bits per heavy atom. The fraction of sp³-hybridized carbons (Fsp3) is 0.696. The molecule has 0 aliphatic heterocycles. The molecule has 4 heteroatoms. The third-order valence-electron chi connectivity index (χ3n) is 6.90. The van der Waals surface area contributed by atoms with E-state index in [9.17, 15) is 14.4 Å². The zero-order chi connectivity index (χ0) is 20.4. The smallest absolute Gasteiger partial charge is 0.303 e. The number of ether oxygens (including phenoxy) is 1. The van der Waals surface area contributed by atoms with Gasteiger partial charge in [0.25, 0.3) is 0 Å². The maximum Gasteiger partial charge on any atom is 0.303 e. The predicted octanol–water partition coefficient (Wildman–Crippen LogP) is 4.97. The van der Waals surface area contributed by atoms with Crippen molar-refractivity contribution in [1.82, 2.24) is 0 Å². The number of ketones is 2. The Bertz CT molecular complexity index is 674. The summed E-state index contributed by atoms with van der Waals surface area (Å²) < 4.78 is 5.71. The van der Waals surface area contributed by atoms with Crippen LogP contribution in [0.25, 0.3) is 0 Å². The number of esters is 1. The number of rotatable bonds is 7. The van der Waals surface area contributed by atoms with E-state index in [-0.39, 0.29) is 17.5 Å². The van der Waals surface area contributed by atoms with Gasteiger partial charge in [-0.1, -0.05) is 32.9 Å². The lowest BCUT2D eigenvalue weighted by Gasteiger charge is -2.48. The number of fused-ring (bicyclic) bond motifs is 1. The number of carbonyl (C=O) groups is 3. The molecule has 0 spiro atoms. The molecule has 150 valence electrons. The first kappa shape index (κ1) is 21.6. The minimum absolute atomic E-state index is 0.117. The van der Waals surface area contributed by atoms with Crippen molar-refractivity contribution in [3.05, 3.63) is 23.8 Å². The number of Topliss-reactive ketones (excluding diaryl/α,β-unsaturated/α-hetero) is 1. The summed E-state index contributed by atoms with van der Waals surface area (Å²) in [5.41, 5.74) is 0.375. The molecule has 0 unspecified atom stereocenters. The molecule has 2 aliphatic rings. The van der Waals surface area contributed by atoms with Gasteiger partial charge in [0, 0.05) is 18.8 Å². The van der Waals surface area contributed by atoms with Crippen LogP contribution in [-0.4, -0.2) is 23.1 Å². The third-order valence-corrected chi connectivity index (χ3v) is 6.90. The molecule has 2 saturated carbocycles. The summed E-state index contributed by atoms with van der Waals surface area (Å²) in [6, 6.07) is 0. The molecular weight excluding hydrogens is 340 g/mol. The normalized spacial score (nSPS) is 33.5. The molecule has 0 amide bonds. The fourth-order valence-electron chi connectivity index (χ4n) is 5.42. The molecule has 2 fully saturated rings. The quantitative estimate of drug-likeness (QED) is 0.359. The molecule has 2 aliphatic carbocycles. The van der Waals surface area contributed by atoms with E-state index in [1.165, 1.54) is 19.4 Å². The van der Waals surface area contributed by atoms with E-state index in [1.54, 1.807) is 0 Å². The van der Waals surface area contributed by atoms with Gasteiger partial charge >= 0.3 is 5.97 Å². The number of hydrogen-bond acceptors (Lipinski definition) is 4. The Morgan fingerprint density at radius 1 is 1.22 bits per heavy atom. The maximum absolute atomic E-state index is 12.6. The van der Waals surface area contributed by atoms with Gasteiger partial charge in [0.15, 0.2) is 17.2 Å². The first-order valence-electron chi connectivity index (χ1n) is 10.2. The first-order chi connectivity index (χ1) is 12.6. The predicted molar refractivity (Wildman–Crippen MR) is 106 cm³/mol. The summed E-state index contributed by atoms with van der Waals surface area (Å²) in [5, 5.41) is 0. The fourth-order valence-corrected chi connectivity index (χ4v) is 5.42. The van der Waals surface area contributed by atoms with Gasteiger partial charge in [-0.15, -0.1) is 0 Å². The zero-order valence-corrected chi connectivity index (χ0v) is 17.5. The number of allylic oxidation sites excluding steroid dienone is 2. The van der Waals surface area contributed by atoms with Crippen molar-refractivity contribution >= 4 is 17.5 Å². The van der Waals surface area contributed by atoms with Crippen LogP contribution < -0.4 is 0 Å². The molecule has 0 N–H and O–H groups in total. The summed E-state index contributed by atoms with van der Waals surface area (Å²) in [6.45, 7) is 13.1. The summed E-state index contributed by atoms with van der Waals surface area (Å²) in [4.78, 5) is 36.2. The highest BCUT2D eigenvalue weighted by atomic mass is 16.6. The van der Waals surface area contributed by atoms with E-state index in [0.717, 1.165) is 44.1 Å². The second-order valence-electron chi connectivity index (χ2n) is 8.57. The van der Waals surface area contributed by atoms with Crippen LogP contribution >= 0.6 is 0 Å². The van der Waals surface area contributed by atoms with Gasteiger partial charge in [0.05, 0.1) is 0 Å². The molecule has 2 rings (SSSR count). The molecular formula is C23H34O4. The zero-order valence-electron chi connectivity index (χ0n) is 17.5. The lowest BCUT2D eigenvalue weighted by Crippen LogP contribution is -2.55. The molecule has 0 aromatic heterocycles. The van der Waals surface area contributed by atoms with Gasteiger partial charge in [0.1, 0.15) is 0 Å². The lowest BCUT2D eigenvalue weighted by atomic mass is 9.59. The van der Waals surface area contributed by atoms with E-state index in [1.807, 2.05) is 13.0 Å². The van der Waals surface area contributed by atoms with Crippen molar-refractivity contribution in [2.45, 2.75) is 85.2 Å². The molecule has 0 aromatic carbocycles. The van der Waals surface area contributed by atoms with Crippen LogP contribution in [0.1, 0.15) is 79.6 Å². The molecule has 0 saturated heterocycles. The second-order valence-corrected chi connectivity index (χ2v) is 8.57. The van der Waals surface area contributed by atoms with Crippen molar-refractivity contribution in [3.8, 4) is 0 Å². The largest absolute Gasteiger partial charge is 0.446 e. The van der Waals surface area contributed by atoms with Crippen molar-refractivity contribution in [3.63, 3.8) is 0 Å². The summed E-state index contributed by atoms with van der Waals surface area (Å²) in [5.74, 6) is 0.407. The minimum Gasteiger partial charge on any atom is -0.446 e. The Kier molecular flexibility index (Phi) is 6.49. The molecule has 0 bridgehead atoms. The summed E-state index contributed by atoms with van der Waals surface area (Å²) in [7, 11) is 0. The van der Waals surface area contributed by atoms with E-state index < -0.39 is 17.0 Å². The SMILES string of the molecule is C=C1C[C@H]2C[C@@H](C/C(=C\C(=O)CC)CC)CC[C@]2(C)[C@@]1(OC(C)=O)C(C)=O. The van der Waals surface area contributed by atoms with Gasteiger partial charge in [-0.3, -0.25) is 14.4 Å². The van der Waals surface area contributed by atoms with Crippen LogP contribution in [0.2, 0.25) is 0 Å². The van der Waals surface area contributed by atoms with E-state index in [4.69, 9.17) is 4.74 Å². The Labute approximate surface area is 163 Å².